The van der Waals surface area contributed by atoms with Crippen molar-refractivity contribution in [3.05, 3.63) is 64.7 Å². The monoisotopic (exact) mass is 465 g/mol. The Morgan fingerprint density at radius 1 is 1.10 bits per heavy atom. The lowest BCUT2D eigenvalue weighted by Crippen LogP contribution is -2.33. The standard InChI is InChI=1S/C21H24ClN3O3S2/c1-3-24(4-2)30(27,28)19-11-7-17(8-12-19)20(26)25-14-13-23-21(25)29-15-16-5-9-18(22)10-6-16/h5-12H,3-4,13-15H2,1-2H3. The molecule has 160 valence electrons. The van der Waals surface area contributed by atoms with Crippen LogP contribution in [0.4, 0.5) is 0 Å². The first-order valence-electron chi connectivity index (χ1n) is 9.70. The molecule has 0 aliphatic carbocycles. The van der Waals surface area contributed by atoms with Crippen molar-refractivity contribution in [3.8, 4) is 0 Å². The first-order valence-corrected chi connectivity index (χ1v) is 12.5. The van der Waals surface area contributed by atoms with Gasteiger partial charge < -0.3 is 0 Å². The zero-order valence-electron chi connectivity index (χ0n) is 16.9. The van der Waals surface area contributed by atoms with Crippen LogP contribution in [-0.4, -0.2) is 54.9 Å². The summed E-state index contributed by atoms with van der Waals surface area (Å²) in [6.07, 6.45) is 0. The maximum Gasteiger partial charge on any atom is 0.259 e. The average molecular weight is 466 g/mol. The minimum Gasteiger partial charge on any atom is -0.286 e. The molecule has 0 bridgehead atoms. The summed E-state index contributed by atoms with van der Waals surface area (Å²) >= 11 is 7.42. The Morgan fingerprint density at radius 3 is 2.33 bits per heavy atom. The number of hydrogen-bond donors (Lipinski definition) is 0. The molecule has 0 radical (unpaired) electrons. The van der Waals surface area contributed by atoms with Crippen LogP contribution in [0.3, 0.4) is 0 Å². The third kappa shape index (κ3) is 5.06. The molecule has 0 saturated carbocycles. The lowest BCUT2D eigenvalue weighted by molar-refractivity contribution is 0.0860. The molecule has 0 saturated heterocycles. The number of nitrogens with zero attached hydrogens (tertiary/aromatic N) is 3. The minimum atomic E-state index is -3.54. The van der Waals surface area contributed by atoms with Crippen molar-refractivity contribution in [2.45, 2.75) is 24.5 Å². The van der Waals surface area contributed by atoms with Crippen LogP contribution in [0, 0.1) is 0 Å². The van der Waals surface area contributed by atoms with E-state index in [0.29, 0.717) is 47.7 Å². The zero-order valence-corrected chi connectivity index (χ0v) is 19.3. The molecule has 2 aromatic rings. The van der Waals surface area contributed by atoms with E-state index in [1.54, 1.807) is 30.9 Å². The summed E-state index contributed by atoms with van der Waals surface area (Å²) in [5, 5.41) is 1.36. The molecule has 1 amide bonds. The smallest absolute Gasteiger partial charge is 0.259 e. The quantitative estimate of drug-likeness (QED) is 0.616. The fraction of sp³-hybridized carbons (Fsp3) is 0.333. The number of amidine groups is 1. The number of thioether (sulfide) groups is 1. The number of sulfonamides is 1. The van der Waals surface area contributed by atoms with Crippen LogP contribution in [-0.2, 0) is 15.8 Å². The molecule has 0 aromatic heterocycles. The van der Waals surface area contributed by atoms with E-state index in [4.69, 9.17) is 11.6 Å². The third-order valence-corrected chi connectivity index (χ3v) is 8.17. The van der Waals surface area contributed by atoms with Crippen LogP contribution in [0.2, 0.25) is 5.02 Å². The highest BCUT2D eigenvalue weighted by Gasteiger charge is 2.26. The van der Waals surface area contributed by atoms with Crippen LogP contribution < -0.4 is 0 Å². The molecule has 0 fully saturated rings. The summed E-state index contributed by atoms with van der Waals surface area (Å²) in [7, 11) is -3.54. The Bertz CT molecular complexity index is 1020. The predicted molar refractivity (Wildman–Crippen MR) is 123 cm³/mol. The highest BCUT2D eigenvalue weighted by Crippen LogP contribution is 2.23. The Kier molecular flexibility index (Phi) is 7.57. The lowest BCUT2D eigenvalue weighted by atomic mass is 10.2. The van der Waals surface area contributed by atoms with Gasteiger partial charge in [0, 0.05) is 36.0 Å². The normalized spacial score (nSPS) is 14.3. The lowest BCUT2D eigenvalue weighted by Gasteiger charge is -2.20. The van der Waals surface area contributed by atoms with Gasteiger partial charge in [0.15, 0.2) is 5.17 Å². The number of halogens is 1. The van der Waals surface area contributed by atoms with Gasteiger partial charge in [0.1, 0.15) is 0 Å². The summed E-state index contributed by atoms with van der Waals surface area (Å²) in [6, 6.07) is 13.7. The summed E-state index contributed by atoms with van der Waals surface area (Å²) in [4.78, 5) is 19.3. The van der Waals surface area contributed by atoms with E-state index in [2.05, 4.69) is 4.99 Å². The largest absolute Gasteiger partial charge is 0.286 e. The van der Waals surface area contributed by atoms with Gasteiger partial charge in [-0.25, -0.2) is 8.42 Å². The summed E-state index contributed by atoms with van der Waals surface area (Å²) in [5.41, 5.74) is 1.53. The predicted octanol–water partition coefficient (Wildman–Crippen LogP) is 4.12. The molecule has 6 nitrogen and oxygen atoms in total. The van der Waals surface area contributed by atoms with Crippen molar-refractivity contribution >= 4 is 44.5 Å². The van der Waals surface area contributed by atoms with Crippen molar-refractivity contribution in [1.29, 1.82) is 0 Å². The van der Waals surface area contributed by atoms with Gasteiger partial charge >= 0.3 is 0 Å². The molecule has 0 spiro atoms. The number of rotatable bonds is 7. The van der Waals surface area contributed by atoms with Crippen molar-refractivity contribution in [3.63, 3.8) is 0 Å². The van der Waals surface area contributed by atoms with Gasteiger partial charge in [0.05, 0.1) is 11.4 Å². The molecular formula is C21H24ClN3O3S2. The fourth-order valence-corrected chi connectivity index (χ4v) is 5.69. The fourth-order valence-electron chi connectivity index (χ4n) is 3.11. The molecule has 3 rings (SSSR count). The highest BCUT2D eigenvalue weighted by atomic mass is 35.5. The Balaban J connectivity index is 1.69. The van der Waals surface area contributed by atoms with Gasteiger partial charge in [-0.3, -0.25) is 14.7 Å². The average Bonchev–Trinajstić information content (AvgIpc) is 3.22. The van der Waals surface area contributed by atoms with Gasteiger partial charge in [-0.15, -0.1) is 0 Å². The SMILES string of the molecule is CCN(CC)S(=O)(=O)c1ccc(C(=O)N2CCN=C2SCc2ccc(Cl)cc2)cc1. The zero-order chi connectivity index (χ0) is 21.7. The van der Waals surface area contributed by atoms with Gasteiger partial charge in [-0.05, 0) is 42.0 Å². The number of benzene rings is 2. The molecule has 0 unspecified atom stereocenters. The van der Waals surface area contributed by atoms with Crippen molar-refractivity contribution in [2.24, 2.45) is 4.99 Å². The second-order valence-corrected chi connectivity index (χ2v) is 9.97. The van der Waals surface area contributed by atoms with E-state index >= 15 is 0 Å². The Labute approximate surface area is 187 Å². The molecule has 1 aliphatic heterocycles. The van der Waals surface area contributed by atoms with E-state index in [-0.39, 0.29) is 10.8 Å². The van der Waals surface area contributed by atoms with Crippen LogP contribution in [0.5, 0.6) is 0 Å². The second-order valence-electron chi connectivity index (χ2n) is 6.65. The number of carbonyl (C=O) groups excluding carboxylic acids is 1. The van der Waals surface area contributed by atoms with E-state index in [9.17, 15) is 13.2 Å². The molecule has 2 aromatic carbocycles. The van der Waals surface area contributed by atoms with Crippen LogP contribution >= 0.6 is 23.4 Å². The van der Waals surface area contributed by atoms with Crippen molar-refractivity contribution in [2.75, 3.05) is 26.2 Å². The van der Waals surface area contributed by atoms with Gasteiger partial charge in [0.2, 0.25) is 10.0 Å². The van der Waals surface area contributed by atoms with E-state index < -0.39 is 10.0 Å². The van der Waals surface area contributed by atoms with Crippen LogP contribution in [0.25, 0.3) is 0 Å². The van der Waals surface area contributed by atoms with Gasteiger partial charge in [-0.2, -0.15) is 4.31 Å². The van der Waals surface area contributed by atoms with Gasteiger partial charge in [0.25, 0.3) is 5.91 Å². The second kappa shape index (κ2) is 9.96. The topological polar surface area (TPSA) is 70.1 Å². The number of amides is 1. The Morgan fingerprint density at radius 2 is 1.73 bits per heavy atom. The molecule has 1 aliphatic rings. The maximum absolute atomic E-state index is 13.0. The molecule has 30 heavy (non-hydrogen) atoms. The molecule has 1 heterocycles. The maximum atomic E-state index is 13.0. The van der Waals surface area contributed by atoms with Crippen LogP contribution in [0.15, 0.2) is 58.4 Å². The van der Waals surface area contributed by atoms with Gasteiger partial charge in [-0.1, -0.05) is 49.3 Å². The molecule has 0 atom stereocenters. The number of carbonyl (C=O) groups is 1. The molecular weight excluding hydrogens is 442 g/mol. The summed E-state index contributed by atoms with van der Waals surface area (Å²) in [5.74, 6) is 0.502. The Hall–Kier alpha value is -1.87. The first kappa shape index (κ1) is 22.8. The summed E-state index contributed by atoms with van der Waals surface area (Å²) in [6.45, 7) is 5.48. The van der Waals surface area contributed by atoms with E-state index in [0.717, 1.165) is 5.56 Å². The summed E-state index contributed by atoms with van der Waals surface area (Å²) < 4.78 is 26.6. The first-order chi connectivity index (χ1) is 14.4. The molecule has 9 heteroatoms. The highest BCUT2D eigenvalue weighted by molar-refractivity contribution is 8.13. The third-order valence-electron chi connectivity index (χ3n) is 4.77. The van der Waals surface area contributed by atoms with Crippen molar-refractivity contribution < 1.29 is 13.2 Å². The molecule has 0 N–H and O–H groups in total. The number of hydrogen-bond acceptors (Lipinski definition) is 5. The van der Waals surface area contributed by atoms with E-state index in [1.807, 2.05) is 24.3 Å². The number of aliphatic imine (C=N–C) groups is 1. The minimum absolute atomic E-state index is 0.179. The van der Waals surface area contributed by atoms with E-state index in [1.165, 1.54) is 28.2 Å². The van der Waals surface area contributed by atoms with Crippen molar-refractivity contribution in [1.82, 2.24) is 9.21 Å². The van der Waals surface area contributed by atoms with Crippen LogP contribution in [0.1, 0.15) is 29.8 Å².